The molecule has 0 bridgehead atoms. The minimum absolute atomic E-state index is 0.110. The zero-order chi connectivity index (χ0) is 9.00. The second kappa shape index (κ2) is 2.45. The van der Waals surface area contributed by atoms with Crippen LogP contribution >= 0.6 is 0 Å². The van der Waals surface area contributed by atoms with Crippen LogP contribution in [0.15, 0.2) is 5.11 Å². The van der Waals surface area contributed by atoms with Crippen LogP contribution < -0.4 is 0 Å². The van der Waals surface area contributed by atoms with Crippen LogP contribution in [0.5, 0.6) is 0 Å². The summed E-state index contributed by atoms with van der Waals surface area (Å²) in [7, 11) is 0. The molecular weight excluding hydrogens is 194 g/mol. The average molecular weight is 201 g/mol. The molecule has 0 amide bonds. The third-order valence-electron chi connectivity index (χ3n) is 2.98. The maximum Gasteiger partial charge on any atom is 0.305 e. The van der Waals surface area contributed by atoms with Gasteiger partial charge in [-0.2, -0.15) is 4.21 Å². The lowest BCUT2D eigenvalue weighted by Crippen LogP contribution is -2.29. The van der Waals surface area contributed by atoms with E-state index in [0.717, 1.165) is 6.42 Å². The molecule has 0 N–H and O–H groups in total. The van der Waals surface area contributed by atoms with Crippen LogP contribution in [0.3, 0.4) is 0 Å². The highest BCUT2D eigenvalue weighted by Gasteiger charge is 2.64. The van der Waals surface area contributed by atoms with Gasteiger partial charge in [0.05, 0.1) is 6.04 Å². The third-order valence-corrected chi connectivity index (χ3v) is 3.74. The monoisotopic (exact) mass is 201 g/mol. The molecule has 6 unspecified atom stereocenters. The number of hydrogen-bond acceptors (Lipinski definition) is 4. The maximum atomic E-state index is 10.9. The molecule has 13 heavy (non-hydrogen) atoms. The van der Waals surface area contributed by atoms with E-state index in [1.165, 1.54) is 0 Å². The normalized spacial score (nSPS) is 56.6. The molecule has 2 aliphatic carbocycles. The molecular formula is C6H7N3O3S. The highest BCUT2D eigenvalue weighted by Crippen LogP contribution is 2.57. The van der Waals surface area contributed by atoms with Crippen molar-refractivity contribution in [3.63, 3.8) is 0 Å². The van der Waals surface area contributed by atoms with E-state index in [1.807, 2.05) is 0 Å². The van der Waals surface area contributed by atoms with Gasteiger partial charge in [-0.05, 0) is 23.8 Å². The van der Waals surface area contributed by atoms with Crippen molar-refractivity contribution in [3.8, 4) is 0 Å². The van der Waals surface area contributed by atoms with Crippen molar-refractivity contribution < 1.29 is 12.6 Å². The molecule has 1 saturated heterocycles. The lowest BCUT2D eigenvalue weighted by molar-refractivity contribution is 0.148. The smallest absolute Gasteiger partial charge is 0.262 e. The third kappa shape index (κ3) is 0.955. The zero-order valence-electron chi connectivity index (χ0n) is 6.57. The Morgan fingerprint density at radius 1 is 1.38 bits per heavy atom. The molecule has 0 aromatic carbocycles. The SMILES string of the molecule is [N-]=[N+]=NC1C2CC2C2OS(=O)OC12. The second-order valence-electron chi connectivity index (χ2n) is 3.58. The summed E-state index contributed by atoms with van der Waals surface area (Å²) in [4.78, 5) is 2.77. The molecule has 0 aromatic rings. The minimum atomic E-state index is -1.63. The van der Waals surface area contributed by atoms with Crippen molar-refractivity contribution >= 4 is 11.4 Å². The van der Waals surface area contributed by atoms with Crippen LogP contribution in [-0.2, 0) is 19.7 Å². The summed E-state index contributed by atoms with van der Waals surface area (Å²) in [5.41, 5.74) is 8.33. The molecule has 3 fully saturated rings. The predicted octanol–water partition coefficient (Wildman–Crippen LogP) is 0.678. The summed E-state index contributed by atoms with van der Waals surface area (Å²) in [5, 5.41) is 3.66. The molecule has 7 heteroatoms. The van der Waals surface area contributed by atoms with Crippen molar-refractivity contribution in [3.05, 3.63) is 10.4 Å². The highest BCUT2D eigenvalue weighted by molar-refractivity contribution is 7.75. The van der Waals surface area contributed by atoms with Gasteiger partial charge in [-0.25, -0.2) is 0 Å². The van der Waals surface area contributed by atoms with Gasteiger partial charge in [-0.1, -0.05) is 5.11 Å². The van der Waals surface area contributed by atoms with Crippen LogP contribution in [-0.4, -0.2) is 22.5 Å². The van der Waals surface area contributed by atoms with E-state index in [-0.39, 0.29) is 18.2 Å². The summed E-state index contributed by atoms with van der Waals surface area (Å²) in [6.45, 7) is 0. The number of fused-ring (bicyclic) bond motifs is 3. The van der Waals surface area contributed by atoms with Crippen molar-refractivity contribution in [1.29, 1.82) is 0 Å². The van der Waals surface area contributed by atoms with E-state index in [9.17, 15) is 4.21 Å². The average Bonchev–Trinajstić information content (AvgIpc) is 2.71. The molecule has 1 heterocycles. The fourth-order valence-corrected chi connectivity index (χ4v) is 3.22. The molecule has 0 spiro atoms. The van der Waals surface area contributed by atoms with E-state index in [0.29, 0.717) is 11.8 Å². The van der Waals surface area contributed by atoms with Crippen molar-refractivity contribution in [2.45, 2.75) is 24.7 Å². The van der Waals surface area contributed by atoms with Gasteiger partial charge in [-0.3, -0.25) is 8.37 Å². The van der Waals surface area contributed by atoms with Gasteiger partial charge in [0.1, 0.15) is 12.2 Å². The fraction of sp³-hybridized carbons (Fsp3) is 1.00. The van der Waals surface area contributed by atoms with Crippen LogP contribution in [0.4, 0.5) is 0 Å². The topological polar surface area (TPSA) is 84.3 Å². The first-order valence-electron chi connectivity index (χ1n) is 4.11. The molecule has 3 rings (SSSR count). The Balaban J connectivity index is 1.90. The lowest BCUT2D eigenvalue weighted by Gasteiger charge is -2.12. The van der Waals surface area contributed by atoms with Gasteiger partial charge in [0.2, 0.25) is 0 Å². The first-order valence-corrected chi connectivity index (χ1v) is 5.11. The Bertz CT molecular complexity index is 329. The van der Waals surface area contributed by atoms with E-state index < -0.39 is 11.4 Å². The van der Waals surface area contributed by atoms with Crippen LogP contribution in [0, 0.1) is 11.8 Å². The van der Waals surface area contributed by atoms with E-state index in [4.69, 9.17) is 13.9 Å². The van der Waals surface area contributed by atoms with Gasteiger partial charge in [0, 0.05) is 4.91 Å². The molecule has 3 aliphatic rings. The molecule has 2 saturated carbocycles. The molecule has 6 atom stereocenters. The largest absolute Gasteiger partial charge is 0.305 e. The van der Waals surface area contributed by atoms with E-state index in [2.05, 4.69) is 10.0 Å². The Morgan fingerprint density at radius 3 is 2.92 bits per heavy atom. The first kappa shape index (κ1) is 7.75. The Labute approximate surface area is 76.7 Å². The van der Waals surface area contributed by atoms with Crippen molar-refractivity contribution in [2.75, 3.05) is 0 Å². The fourth-order valence-electron chi connectivity index (χ4n) is 2.34. The van der Waals surface area contributed by atoms with Crippen molar-refractivity contribution in [1.82, 2.24) is 0 Å². The van der Waals surface area contributed by atoms with E-state index in [1.54, 1.807) is 0 Å². The standard InChI is InChI=1S/C6H7N3O3S/c7-9-8-4-2-1-3(2)5-6(4)12-13(10)11-5/h2-6H,1H2. The summed E-state index contributed by atoms with van der Waals surface area (Å²) >= 11 is -1.63. The quantitative estimate of drug-likeness (QED) is 0.355. The first-order chi connectivity index (χ1) is 6.31. The van der Waals surface area contributed by atoms with Crippen molar-refractivity contribution in [2.24, 2.45) is 17.0 Å². The number of nitrogens with zero attached hydrogens (tertiary/aromatic N) is 3. The van der Waals surface area contributed by atoms with Gasteiger partial charge < -0.3 is 0 Å². The highest BCUT2D eigenvalue weighted by atomic mass is 32.2. The molecule has 0 radical (unpaired) electrons. The van der Waals surface area contributed by atoms with Gasteiger partial charge in [0.25, 0.3) is 0 Å². The Kier molecular flexibility index (Phi) is 1.46. The summed E-state index contributed by atoms with van der Waals surface area (Å²) in [6.07, 6.45) is 0.618. The summed E-state index contributed by atoms with van der Waals surface area (Å²) < 4.78 is 21.0. The van der Waals surface area contributed by atoms with Gasteiger partial charge >= 0.3 is 11.4 Å². The van der Waals surface area contributed by atoms with Gasteiger partial charge in [0.15, 0.2) is 0 Å². The number of hydrogen-bond donors (Lipinski definition) is 0. The molecule has 6 nitrogen and oxygen atoms in total. The molecule has 70 valence electrons. The molecule has 0 aromatic heterocycles. The summed E-state index contributed by atoms with van der Waals surface area (Å²) in [5.74, 6) is 0.787. The summed E-state index contributed by atoms with van der Waals surface area (Å²) in [6, 6.07) is -0.175. The number of azide groups is 1. The zero-order valence-corrected chi connectivity index (χ0v) is 7.38. The minimum Gasteiger partial charge on any atom is -0.262 e. The van der Waals surface area contributed by atoms with Crippen LogP contribution in [0.2, 0.25) is 0 Å². The second-order valence-corrected chi connectivity index (χ2v) is 4.38. The maximum absolute atomic E-state index is 10.9. The van der Waals surface area contributed by atoms with Crippen LogP contribution in [0.25, 0.3) is 10.4 Å². The Hall–Kier alpha value is -0.620. The van der Waals surface area contributed by atoms with E-state index >= 15 is 0 Å². The Morgan fingerprint density at radius 2 is 2.15 bits per heavy atom. The molecule has 1 aliphatic heterocycles. The predicted molar refractivity (Wildman–Crippen MR) is 42.4 cm³/mol. The van der Waals surface area contributed by atoms with Gasteiger partial charge in [-0.15, -0.1) is 0 Å². The number of rotatable bonds is 1. The van der Waals surface area contributed by atoms with Crippen LogP contribution in [0.1, 0.15) is 6.42 Å². The lowest BCUT2D eigenvalue weighted by atomic mass is 10.1.